The molecule has 6 nitrogen and oxygen atoms in total. The monoisotopic (exact) mass is 332 g/mol. The molecule has 0 N–H and O–H groups in total. The summed E-state index contributed by atoms with van der Waals surface area (Å²) in [6.45, 7) is 0. The van der Waals surface area contributed by atoms with Gasteiger partial charge in [-0.05, 0) is 12.0 Å². The molecule has 2 aromatic rings. The van der Waals surface area contributed by atoms with E-state index in [0.717, 1.165) is 5.56 Å². The van der Waals surface area contributed by atoms with Gasteiger partial charge in [-0.1, -0.05) is 30.3 Å². The van der Waals surface area contributed by atoms with Crippen molar-refractivity contribution in [2.24, 2.45) is 5.92 Å². The fraction of sp³-hybridized carbons (Fsp3) is 0.400. The predicted octanol–water partition coefficient (Wildman–Crippen LogP) is 1.97. The molecular formula is C15H13FN4O2S. The van der Waals surface area contributed by atoms with Crippen LogP contribution in [0.3, 0.4) is 0 Å². The molecule has 0 amide bonds. The minimum absolute atomic E-state index is 0.0478. The van der Waals surface area contributed by atoms with Gasteiger partial charge < -0.3 is 0 Å². The van der Waals surface area contributed by atoms with Crippen LogP contribution in [0.2, 0.25) is 0 Å². The number of alkyl halides is 1. The normalized spacial score (nSPS) is 29.0. The molecule has 2 aliphatic rings. The molecule has 1 fully saturated rings. The second-order valence-corrected chi connectivity index (χ2v) is 7.94. The molecule has 0 bridgehead atoms. The quantitative estimate of drug-likeness (QED) is 0.857. The third-order valence-corrected chi connectivity index (χ3v) is 6.38. The van der Waals surface area contributed by atoms with Crippen molar-refractivity contribution < 1.29 is 12.8 Å². The van der Waals surface area contributed by atoms with E-state index in [4.69, 9.17) is 5.26 Å². The topological polar surface area (TPSA) is 88.6 Å². The summed E-state index contributed by atoms with van der Waals surface area (Å²) in [5.74, 6) is -0.462. The first-order valence-corrected chi connectivity index (χ1v) is 8.86. The maximum Gasteiger partial charge on any atom is 0.267 e. The van der Waals surface area contributed by atoms with Crippen LogP contribution in [0.1, 0.15) is 36.4 Å². The third kappa shape index (κ3) is 2.15. The number of benzene rings is 1. The zero-order chi connectivity index (χ0) is 16.2. The van der Waals surface area contributed by atoms with Crippen molar-refractivity contribution >= 4 is 9.84 Å². The molecule has 118 valence electrons. The lowest BCUT2D eigenvalue weighted by Crippen LogP contribution is -2.13. The number of nitriles is 1. The van der Waals surface area contributed by atoms with Gasteiger partial charge in [0, 0.05) is 6.42 Å². The van der Waals surface area contributed by atoms with E-state index in [1.165, 1.54) is 4.68 Å². The number of hydrogen-bond donors (Lipinski definition) is 0. The summed E-state index contributed by atoms with van der Waals surface area (Å²) in [6.07, 6.45) is -0.851. The fourth-order valence-corrected chi connectivity index (χ4v) is 4.67. The summed E-state index contributed by atoms with van der Waals surface area (Å²) in [5, 5.41) is 11.8. The lowest BCUT2D eigenvalue weighted by Gasteiger charge is -2.11. The fourth-order valence-electron chi connectivity index (χ4n) is 3.02. The summed E-state index contributed by atoms with van der Waals surface area (Å²) in [4.78, 5) is 3.93. The minimum Gasteiger partial charge on any atom is -0.239 e. The standard InChI is InChI=1S/C15H13FN4O2S/c16-11-7-12(9-4-2-1-3-5-9)20-14(11)18-15(19-20)23(21,22)13-6-10(13)8-17/h1-5,10-13H,6-7H2/t10?,11-,12-,13+/m0/s1. The molecule has 8 heteroatoms. The molecule has 0 saturated heterocycles. The molecule has 1 aliphatic heterocycles. The van der Waals surface area contributed by atoms with Gasteiger partial charge in [0.2, 0.25) is 9.84 Å². The van der Waals surface area contributed by atoms with E-state index in [1.54, 1.807) is 0 Å². The first-order chi connectivity index (χ1) is 11.0. The number of fused-ring (bicyclic) bond motifs is 1. The van der Waals surface area contributed by atoms with Crippen LogP contribution in [0.4, 0.5) is 4.39 Å². The Labute approximate surface area is 132 Å². The van der Waals surface area contributed by atoms with Crippen LogP contribution in [-0.2, 0) is 9.84 Å². The van der Waals surface area contributed by atoms with Crippen LogP contribution in [0.5, 0.6) is 0 Å². The van der Waals surface area contributed by atoms with Gasteiger partial charge in [-0.3, -0.25) is 0 Å². The Balaban J connectivity index is 1.73. The summed E-state index contributed by atoms with van der Waals surface area (Å²) < 4.78 is 40.4. The predicted molar refractivity (Wildman–Crippen MR) is 77.8 cm³/mol. The van der Waals surface area contributed by atoms with Crippen molar-refractivity contribution in [3.8, 4) is 6.07 Å². The molecule has 0 spiro atoms. The Morgan fingerprint density at radius 3 is 2.65 bits per heavy atom. The zero-order valence-electron chi connectivity index (χ0n) is 12.0. The smallest absolute Gasteiger partial charge is 0.239 e. The van der Waals surface area contributed by atoms with E-state index < -0.39 is 27.2 Å². The lowest BCUT2D eigenvalue weighted by atomic mass is 10.0. The number of rotatable bonds is 3. The maximum absolute atomic E-state index is 14.2. The highest BCUT2D eigenvalue weighted by atomic mass is 32.2. The van der Waals surface area contributed by atoms with Crippen LogP contribution in [0, 0.1) is 17.2 Å². The highest BCUT2D eigenvalue weighted by molar-refractivity contribution is 7.92. The second kappa shape index (κ2) is 4.86. The summed E-state index contributed by atoms with van der Waals surface area (Å²) >= 11 is 0. The van der Waals surface area contributed by atoms with E-state index in [-0.39, 0.29) is 23.4 Å². The van der Waals surface area contributed by atoms with E-state index in [9.17, 15) is 12.8 Å². The van der Waals surface area contributed by atoms with Crippen molar-refractivity contribution in [3.05, 3.63) is 41.7 Å². The van der Waals surface area contributed by atoms with Crippen molar-refractivity contribution in [1.82, 2.24) is 14.8 Å². The first-order valence-electron chi connectivity index (χ1n) is 7.31. The van der Waals surface area contributed by atoms with Crippen LogP contribution < -0.4 is 0 Å². The Hall–Kier alpha value is -2.27. The van der Waals surface area contributed by atoms with Gasteiger partial charge in [0.25, 0.3) is 5.16 Å². The number of aromatic nitrogens is 3. The molecule has 2 heterocycles. The molecule has 1 aromatic heterocycles. The van der Waals surface area contributed by atoms with Crippen molar-refractivity contribution in [3.63, 3.8) is 0 Å². The minimum atomic E-state index is -3.77. The van der Waals surface area contributed by atoms with Crippen LogP contribution in [-0.4, -0.2) is 28.4 Å². The van der Waals surface area contributed by atoms with Crippen LogP contribution >= 0.6 is 0 Å². The average molecular weight is 332 g/mol. The van der Waals surface area contributed by atoms with Crippen molar-refractivity contribution in [2.75, 3.05) is 0 Å². The van der Waals surface area contributed by atoms with Gasteiger partial charge >= 0.3 is 0 Å². The van der Waals surface area contributed by atoms with Gasteiger partial charge in [0.15, 0.2) is 12.0 Å². The Kier molecular flexibility index (Phi) is 3.03. The molecule has 1 saturated carbocycles. The van der Waals surface area contributed by atoms with Crippen LogP contribution in [0.15, 0.2) is 35.5 Å². The molecule has 23 heavy (non-hydrogen) atoms. The third-order valence-electron chi connectivity index (χ3n) is 4.38. The number of nitrogens with zero attached hydrogens (tertiary/aromatic N) is 4. The molecule has 1 aliphatic carbocycles. The molecule has 1 unspecified atom stereocenters. The summed E-state index contributed by atoms with van der Waals surface area (Å²) in [7, 11) is -3.77. The summed E-state index contributed by atoms with van der Waals surface area (Å²) in [5.41, 5.74) is 0.865. The lowest BCUT2D eigenvalue weighted by molar-refractivity contribution is 0.326. The number of hydrogen-bond acceptors (Lipinski definition) is 5. The molecular weight excluding hydrogens is 319 g/mol. The number of halogens is 1. The molecule has 0 radical (unpaired) electrons. The zero-order valence-corrected chi connectivity index (χ0v) is 12.8. The summed E-state index contributed by atoms with van der Waals surface area (Å²) in [6, 6.07) is 10.8. The highest BCUT2D eigenvalue weighted by Crippen LogP contribution is 2.42. The Morgan fingerprint density at radius 2 is 2.00 bits per heavy atom. The molecule has 4 rings (SSSR count). The van der Waals surface area contributed by atoms with Gasteiger partial charge in [-0.25, -0.2) is 17.5 Å². The highest BCUT2D eigenvalue weighted by Gasteiger charge is 2.51. The van der Waals surface area contributed by atoms with Crippen molar-refractivity contribution in [1.29, 1.82) is 5.26 Å². The average Bonchev–Trinajstić information content (AvgIpc) is 3.13. The molecule has 1 aromatic carbocycles. The van der Waals surface area contributed by atoms with E-state index in [1.807, 2.05) is 36.4 Å². The molecule has 4 atom stereocenters. The van der Waals surface area contributed by atoms with Gasteiger partial charge in [-0.15, -0.1) is 5.10 Å². The van der Waals surface area contributed by atoms with Crippen LogP contribution in [0.25, 0.3) is 0 Å². The Morgan fingerprint density at radius 1 is 1.26 bits per heavy atom. The second-order valence-electron chi connectivity index (χ2n) is 5.88. The maximum atomic E-state index is 14.2. The van der Waals surface area contributed by atoms with E-state index >= 15 is 0 Å². The van der Waals surface area contributed by atoms with Gasteiger partial charge in [-0.2, -0.15) is 10.2 Å². The van der Waals surface area contributed by atoms with Gasteiger partial charge in [0.1, 0.15) is 0 Å². The van der Waals surface area contributed by atoms with Gasteiger partial charge in [0.05, 0.1) is 23.3 Å². The van der Waals surface area contributed by atoms with Crippen molar-refractivity contribution in [2.45, 2.75) is 35.5 Å². The Bertz CT molecular complexity index is 903. The van der Waals surface area contributed by atoms with E-state index in [0.29, 0.717) is 6.42 Å². The largest absolute Gasteiger partial charge is 0.267 e. The first kappa shape index (κ1) is 14.3. The van der Waals surface area contributed by atoms with E-state index in [2.05, 4.69) is 10.1 Å². The number of sulfone groups is 1. The SMILES string of the molecule is N#CC1C[C@H]1S(=O)(=O)c1nc2n(n1)[C@H](c1ccccc1)C[C@@H]2F.